The van der Waals surface area contributed by atoms with Gasteiger partial charge in [0.15, 0.2) is 5.65 Å². The minimum atomic E-state index is -0.0288. The number of amides is 1. The number of morpholine rings is 1. The summed E-state index contributed by atoms with van der Waals surface area (Å²) in [7, 11) is 0. The van der Waals surface area contributed by atoms with Crippen molar-refractivity contribution in [2.75, 3.05) is 50.8 Å². The van der Waals surface area contributed by atoms with Crippen molar-refractivity contribution in [2.45, 2.75) is 38.1 Å². The van der Waals surface area contributed by atoms with E-state index in [0.29, 0.717) is 62.2 Å². The van der Waals surface area contributed by atoms with Crippen molar-refractivity contribution in [3.05, 3.63) is 50.9 Å². The summed E-state index contributed by atoms with van der Waals surface area (Å²) in [6.07, 6.45) is 3.49. The first-order chi connectivity index (χ1) is 17.9. The molecule has 11 heteroatoms. The SMILES string of the molecule is O=C(CCc1nc2nc(N3CCOCC3)ccc2s1)NCCC[N+]1(O)CCCC1c1ccc(Cl)c(Cl)c1. The van der Waals surface area contributed by atoms with Gasteiger partial charge in [-0.1, -0.05) is 29.3 Å². The summed E-state index contributed by atoms with van der Waals surface area (Å²) in [5.74, 6) is 0.919. The molecule has 1 amide bonds. The zero-order valence-electron chi connectivity index (χ0n) is 20.7. The second kappa shape index (κ2) is 11.8. The first kappa shape index (κ1) is 26.6. The van der Waals surface area contributed by atoms with Crippen LogP contribution in [0.25, 0.3) is 10.3 Å². The Hall–Kier alpha value is -2.01. The molecule has 5 rings (SSSR count). The lowest BCUT2D eigenvalue weighted by Gasteiger charge is -2.32. The normalized spacial score (nSPS) is 22.0. The number of hydrogen-bond acceptors (Lipinski definition) is 7. The van der Waals surface area contributed by atoms with E-state index in [0.717, 1.165) is 52.7 Å². The van der Waals surface area contributed by atoms with Crippen LogP contribution in [-0.2, 0) is 16.0 Å². The number of aryl methyl sites for hydroxylation is 1. The van der Waals surface area contributed by atoms with Crippen LogP contribution in [0.5, 0.6) is 0 Å². The molecular formula is C26H32Cl2N5O3S+. The Morgan fingerprint density at radius 2 is 2.03 bits per heavy atom. The molecular weight excluding hydrogens is 533 g/mol. The summed E-state index contributed by atoms with van der Waals surface area (Å²) in [5.41, 5.74) is 1.74. The summed E-state index contributed by atoms with van der Waals surface area (Å²) in [6.45, 7) is 4.89. The second-order valence-corrected chi connectivity index (χ2v) is 11.6. The molecule has 3 aromatic rings. The lowest BCUT2D eigenvalue weighted by Crippen LogP contribution is -2.45. The number of pyridine rings is 1. The third kappa shape index (κ3) is 6.35. The number of fused-ring (bicyclic) bond motifs is 1. The van der Waals surface area contributed by atoms with Gasteiger partial charge in [0.25, 0.3) is 0 Å². The Morgan fingerprint density at radius 3 is 2.84 bits per heavy atom. The molecule has 0 bridgehead atoms. The first-order valence-electron chi connectivity index (χ1n) is 12.8. The Labute approximate surface area is 230 Å². The number of rotatable bonds is 9. The van der Waals surface area contributed by atoms with Gasteiger partial charge in [-0.05, 0) is 24.3 Å². The number of quaternary nitrogens is 1. The van der Waals surface area contributed by atoms with E-state index in [2.05, 4.69) is 21.3 Å². The van der Waals surface area contributed by atoms with Crippen LogP contribution in [0.2, 0.25) is 10.0 Å². The minimum absolute atomic E-state index is 0.00633. The number of halogens is 2. The molecule has 2 aliphatic rings. The number of benzene rings is 1. The van der Waals surface area contributed by atoms with E-state index in [4.69, 9.17) is 32.9 Å². The highest BCUT2D eigenvalue weighted by atomic mass is 35.5. The van der Waals surface area contributed by atoms with Crippen molar-refractivity contribution in [3.8, 4) is 0 Å². The average molecular weight is 566 g/mol. The van der Waals surface area contributed by atoms with Crippen LogP contribution in [0.4, 0.5) is 5.82 Å². The molecule has 8 nitrogen and oxygen atoms in total. The van der Waals surface area contributed by atoms with E-state index < -0.39 is 0 Å². The predicted octanol–water partition coefficient (Wildman–Crippen LogP) is 5.01. The van der Waals surface area contributed by atoms with E-state index in [-0.39, 0.29) is 16.6 Å². The van der Waals surface area contributed by atoms with Crippen LogP contribution >= 0.6 is 34.5 Å². The van der Waals surface area contributed by atoms with E-state index >= 15 is 0 Å². The van der Waals surface area contributed by atoms with Crippen molar-refractivity contribution >= 4 is 56.6 Å². The monoisotopic (exact) mass is 564 g/mol. The first-order valence-corrected chi connectivity index (χ1v) is 14.4. The molecule has 0 saturated carbocycles. The van der Waals surface area contributed by atoms with Gasteiger partial charge in [-0.25, -0.2) is 15.2 Å². The van der Waals surface area contributed by atoms with Gasteiger partial charge in [-0.2, -0.15) is 4.65 Å². The molecule has 1 aromatic carbocycles. The maximum absolute atomic E-state index is 12.5. The summed E-state index contributed by atoms with van der Waals surface area (Å²) >= 11 is 13.9. The van der Waals surface area contributed by atoms with Crippen LogP contribution < -0.4 is 10.2 Å². The lowest BCUT2D eigenvalue weighted by atomic mass is 10.0. The number of nitrogens with zero attached hydrogens (tertiary/aromatic N) is 4. The molecule has 2 N–H and O–H groups in total. The van der Waals surface area contributed by atoms with Crippen LogP contribution in [-0.4, -0.2) is 71.7 Å². The third-order valence-electron chi connectivity index (χ3n) is 7.16. The number of likely N-dealkylation sites (tertiary alicyclic amines) is 1. The zero-order chi connectivity index (χ0) is 25.8. The van der Waals surface area contributed by atoms with Gasteiger partial charge >= 0.3 is 0 Å². The van der Waals surface area contributed by atoms with Gasteiger partial charge in [0.05, 0.1) is 33.0 Å². The van der Waals surface area contributed by atoms with Crippen molar-refractivity contribution in [1.29, 1.82) is 0 Å². The van der Waals surface area contributed by atoms with Gasteiger partial charge < -0.3 is 15.0 Å². The second-order valence-electron chi connectivity index (χ2n) is 9.67. The van der Waals surface area contributed by atoms with Crippen LogP contribution in [0.15, 0.2) is 30.3 Å². The van der Waals surface area contributed by atoms with Gasteiger partial charge in [0, 0.05) is 57.3 Å². The number of carbonyl (C=O) groups is 1. The van der Waals surface area contributed by atoms with Gasteiger partial charge in [0.1, 0.15) is 24.9 Å². The Bertz CT molecular complexity index is 1250. The Balaban J connectivity index is 1.08. The van der Waals surface area contributed by atoms with Crippen LogP contribution in [0.1, 0.15) is 42.3 Å². The van der Waals surface area contributed by atoms with Crippen molar-refractivity contribution in [2.24, 2.45) is 0 Å². The molecule has 2 fully saturated rings. The van der Waals surface area contributed by atoms with E-state index in [9.17, 15) is 10.0 Å². The summed E-state index contributed by atoms with van der Waals surface area (Å²) in [6, 6.07) is 9.65. The molecule has 198 valence electrons. The maximum atomic E-state index is 12.5. The molecule has 2 aliphatic heterocycles. The minimum Gasteiger partial charge on any atom is -0.378 e. The summed E-state index contributed by atoms with van der Waals surface area (Å²) in [4.78, 5) is 24.1. The number of ether oxygens (including phenoxy) is 1. The number of thiazole rings is 1. The van der Waals surface area contributed by atoms with Gasteiger partial charge in [0.2, 0.25) is 5.91 Å². The number of nitrogens with one attached hydrogen (secondary N) is 1. The number of hydrogen-bond donors (Lipinski definition) is 2. The molecule has 2 atom stereocenters. The number of aromatic nitrogens is 2. The Morgan fingerprint density at radius 1 is 1.19 bits per heavy atom. The van der Waals surface area contributed by atoms with Crippen molar-refractivity contribution < 1.29 is 19.4 Å². The Kier molecular flexibility index (Phi) is 8.48. The van der Waals surface area contributed by atoms with Crippen LogP contribution in [0.3, 0.4) is 0 Å². The predicted molar refractivity (Wildman–Crippen MR) is 147 cm³/mol. The molecule has 2 unspecified atom stereocenters. The average Bonchev–Trinajstić information content (AvgIpc) is 3.50. The molecule has 37 heavy (non-hydrogen) atoms. The fourth-order valence-electron chi connectivity index (χ4n) is 5.20. The van der Waals surface area contributed by atoms with Gasteiger partial charge in [-0.15, -0.1) is 11.3 Å². The lowest BCUT2D eigenvalue weighted by molar-refractivity contribution is -1.12. The maximum Gasteiger partial charge on any atom is 0.220 e. The molecule has 4 heterocycles. The third-order valence-corrected chi connectivity index (χ3v) is 8.97. The molecule has 0 aliphatic carbocycles. The van der Waals surface area contributed by atoms with E-state index in [1.807, 2.05) is 18.2 Å². The highest BCUT2D eigenvalue weighted by Crippen LogP contribution is 2.39. The summed E-state index contributed by atoms with van der Waals surface area (Å²) in [5, 5.41) is 16.2. The highest BCUT2D eigenvalue weighted by molar-refractivity contribution is 7.18. The molecule has 0 spiro atoms. The number of anilines is 1. The zero-order valence-corrected chi connectivity index (χ0v) is 23.0. The fourth-order valence-corrected chi connectivity index (χ4v) is 6.42. The van der Waals surface area contributed by atoms with Crippen molar-refractivity contribution in [1.82, 2.24) is 15.3 Å². The highest BCUT2D eigenvalue weighted by Gasteiger charge is 2.42. The molecule has 0 radical (unpaired) electrons. The number of hydroxylamine groups is 3. The largest absolute Gasteiger partial charge is 0.378 e. The molecule has 2 saturated heterocycles. The number of carbonyl (C=O) groups excluding carboxylic acids is 1. The quantitative estimate of drug-likeness (QED) is 0.280. The topological polar surface area (TPSA) is 87.6 Å². The fraction of sp³-hybridized carbons (Fsp3) is 0.500. The summed E-state index contributed by atoms with van der Waals surface area (Å²) < 4.78 is 6.43. The molecule has 2 aromatic heterocycles. The van der Waals surface area contributed by atoms with Gasteiger partial charge in [-0.3, -0.25) is 4.79 Å². The van der Waals surface area contributed by atoms with E-state index in [1.165, 1.54) is 0 Å². The van der Waals surface area contributed by atoms with Crippen molar-refractivity contribution in [3.63, 3.8) is 0 Å². The smallest absolute Gasteiger partial charge is 0.220 e. The van der Waals surface area contributed by atoms with E-state index in [1.54, 1.807) is 17.4 Å². The van der Waals surface area contributed by atoms with Crippen LogP contribution in [0, 0.1) is 0 Å². The standard InChI is InChI=1S/C26H31Cl2N5O3S/c27-19-5-4-18(17-20(19)28)21-3-1-13-33(21,35)14-2-10-29-24(34)8-9-25-31-26-22(37-25)6-7-23(30-26)32-11-15-36-16-12-32/h4-7,17,21,35H,1-3,8-16H2/p+1.